The van der Waals surface area contributed by atoms with Crippen molar-refractivity contribution in [3.63, 3.8) is 0 Å². The van der Waals surface area contributed by atoms with Gasteiger partial charge in [0.1, 0.15) is 0 Å². The van der Waals surface area contributed by atoms with Gasteiger partial charge in [-0.05, 0) is 0 Å². The van der Waals surface area contributed by atoms with Gasteiger partial charge in [0.2, 0.25) is 0 Å². The van der Waals surface area contributed by atoms with Crippen molar-refractivity contribution >= 4 is 0 Å². The van der Waals surface area contributed by atoms with E-state index in [4.69, 9.17) is 1.37 Å². The Labute approximate surface area is 79.5 Å². The van der Waals surface area contributed by atoms with Gasteiger partial charge in [0.15, 0.2) is 0 Å². The molecule has 0 amide bonds. The second-order valence-corrected chi connectivity index (χ2v) is 2.60. The molecule has 0 aliphatic rings. The predicted molar refractivity (Wildman–Crippen MR) is 31.2 cm³/mol. The van der Waals surface area contributed by atoms with Crippen molar-refractivity contribution in [2.24, 2.45) is 0 Å². The zero-order valence-corrected chi connectivity index (χ0v) is 6.82. The minimum Gasteiger partial charge on any atom is -0.200 e. The minimum atomic E-state index is -6.85. The Balaban J connectivity index is 5.34. The second-order valence-electron chi connectivity index (χ2n) is 2.60. The first-order valence-corrected chi connectivity index (χ1v) is 3.30. The Bertz CT molecular complexity index is 243. The summed E-state index contributed by atoms with van der Waals surface area (Å²) in [6, 6.07) is 0. The van der Waals surface area contributed by atoms with E-state index in [1.807, 2.05) is 0 Å². The van der Waals surface area contributed by atoms with Gasteiger partial charge >= 0.3 is 23.9 Å². The van der Waals surface area contributed by atoms with Gasteiger partial charge in [0.05, 0.1) is 0 Å². The van der Waals surface area contributed by atoms with E-state index < -0.39 is 37.3 Å². The van der Waals surface area contributed by atoms with Gasteiger partial charge in [-0.25, -0.2) is 0 Å². The van der Waals surface area contributed by atoms with E-state index in [0.717, 1.165) is 0 Å². The van der Waals surface area contributed by atoms with Gasteiger partial charge in [-0.2, -0.15) is 39.5 Å². The molecular weight excluding hydrogens is 243 g/mol. The Morgan fingerprint density at radius 2 is 1.20 bits per heavy atom. The zero-order chi connectivity index (χ0) is 13.4. The summed E-state index contributed by atoms with van der Waals surface area (Å²) in [5, 5.41) is 0. The summed E-state index contributed by atoms with van der Waals surface area (Å²) in [4.78, 5) is 0. The van der Waals surface area contributed by atoms with Crippen LogP contribution in [0.25, 0.3) is 0 Å². The van der Waals surface area contributed by atoms with Crippen LogP contribution in [0.2, 0.25) is 0 Å². The number of hydrogen-bond donors (Lipinski definition) is 0. The third kappa shape index (κ3) is 2.00. The van der Waals surface area contributed by atoms with Crippen LogP contribution in [0.1, 0.15) is 14.7 Å². The van der Waals surface area contributed by atoms with E-state index >= 15 is 0 Å². The lowest BCUT2D eigenvalue weighted by Crippen LogP contribution is -2.60. The largest absolute Gasteiger partial charge is 0.460 e. The topological polar surface area (TPSA) is 0 Å². The van der Waals surface area contributed by atoms with Crippen LogP contribution in [0, 0.1) is 0 Å². The highest BCUT2D eigenvalue weighted by molar-refractivity contribution is 4.99. The normalized spacial score (nSPS) is 16.5. The molecule has 0 aromatic heterocycles. The van der Waals surface area contributed by atoms with E-state index in [0.29, 0.717) is 0 Å². The molecule has 0 aliphatic heterocycles. The molecule has 0 aliphatic carbocycles. The fourth-order valence-corrected chi connectivity index (χ4v) is 0.565. The van der Waals surface area contributed by atoms with E-state index in [1.165, 1.54) is 0 Å². The molecule has 9 heteroatoms. The third-order valence-corrected chi connectivity index (χ3v) is 1.52. The molecule has 0 spiro atoms. The molecule has 0 atom stereocenters. The summed E-state index contributed by atoms with van der Waals surface area (Å²) in [6.45, 7) is -1.41. The molecule has 0 radical (unpaired) electrons. The summed E-state index contributed by atoms with van der Waals surface area (Å²) in [5.74, 6) is -19.0. The maximum Gasteiger partial charge on any atom is 0.460 e. The molecule has 0 heterocycles. The molecule has 0 aromatic rings. The Hall–Kier alpha value is -0.630. The van der Waals surface area contributed by atoms with E-state index in [2.05, 4.69) is 0 Å². The summed E-state index contributed by atoms with van der Waals surface area (Å²) in [6.07, 6.45) is -8.88. The molecule has 0 fully saturated rings. The number of hydrogen-bond acceptors (Lipinski definition) is 0. The molecule has 0 rings (SSSR count). The molecule has 0 aromatic carbocycles. The van der Waals surface area contributed by atoms with Gasteiger partial charge < -0.3 is 0 Å². The van der Waals surface area contributed by atoms with Crippen LogP contribution in [-0.4, -0.2) is 23.9 Å². The summed E-state index contributed by atoms with van der Waals surface area (Å²) >= 11 is 0. The molecule has 0 saturated heterocycles. The first-order chi connectivity index (χ1) is 6.81. The molecule has 0 unspecified atom stereocenters. The quantitative estimate of drug-likeness (QED) is 0.666. The lowest BCUT2D eigenvalue weighted by atomic mass is 10.0. The van der Waals surface area contributed by atoms with Crippen LogP contribution >= 0.6 is 0 Å². The maximum atomic E-state index is 12.4. The van der Waals surface area contributed by atoms with Crippen LogP contribution < -0.4 is 0 Å². The van der Waals surface area contributed by atoms with Crippen LogP contribution in [0.3, 0.4) is 0 Å². The van der Waals surface area contributed by atoms with Gasteiger partial charge in [-0.3, -0.25) is 0 Å². The Morgan fingerprint density at radius 3 is 1.47 bits per heavy atom. The average molecular weight is 249 g/mol. The van der Waals surface area contributed by atoms with Gasteiger partial charge in [-0.15, -0.1) is 0 Å². The van der Waals surface area contributed by atoms with Crippen molar-refractivity contribution in [3.8, 4) is 0 Å². The molecule has 0 N–H and O–H groups in total. The molecule has 0 saturated carbocycles. The summed E-state index contributed by atoms with van der Waals surface area (Å²) in [5.41, 5.74) is 0. The van der Waals surface area contributed by atoms with Crippen LogP contribution in [0.15, 0.2) is 0 Å². The van der Waals surface area contributed by atoms with E-state index in [1.54, 1.807) is 0 Å². The molecule has 0 bridgehead atoms. The van der Waals surface area contributed by atoms with Gasteiger partial charge in [0.25, 0.3) is 0 Å². The first kappa shape index (κ1) is 12.4. The van der Waals surface area contributed by atoms with Crippen molar-refractivity contribution in [2.75, 3.05) is 0 Å². The van der Waals surface area contributed by atoms with Crippen molar-refractivity contribution in [2.45, 2.75) is 37.3 Å². The lowest BCUT2D eigenvalue weighted by Gasteiger charge is -2.33. The Kier molecular flexibility index (Phi) is 2.86. The third-order valence-electron chi connectivity index (χ3n) is 1.52. The predicted octanol–water partition coefficient (Wildman–Crippen LogP) is 3.86. The van der Waals surface area contributed by atoms with Crippen molar-refractivity contribution in [3.05, 3.63) is 0 Å². The van der Waals surface area contributed by atoms with Gasteiger partial charge in [0, 0.05) is 7.79 Å². The summed E-state index contributed by atoms with van der Waals surface area (Å²) in [7, 11) is 0. The number of alkyl halides is 9. The summed E-state index contributed by atoms with van der Waals surface area (Å²) < 4.78 is 114. The van der Waals surface area contributed by atoms with Crippen molar-refractivity contribution in [1.29, 1.82) is 0 Å². The van der Waals surface area contributed by atoms with Crippen molar-refractivity contribution < 1.29 is 40.9 Å². The highest BCUT2D eigenvalue weighted by Gasteiger charge is 2.81. The fraction of sp³-hybridized carbons (Fsp3) is 1.00. The number of rotatable bonds is 3. The second kappa shape index (κ2) is 3.44. The van der Waals surface area contributed by atoms with Crippen LogP contribution in [-0.2, 0) is 0 Å². The van der Waals surface area contributed by atoms with E-state index in [-0.39, 0.29) is 0 Å². The highest BCUT2D eigenvalue weighted by Crippen LogP contribution is 2.53. The SMILES string of the molecule is [2H]CCC(F)(F)C(F)(F)C(F)(F)C(F)(F)F. The monoisotopic (exact) mass is 249 g/mol. The molecule has 0 nitrogen and oxygen atoms in total. The number of halogens is 9. The van der Waals surface area contributed by atoms with Gasteiger partial charge in [-0.1, -0.05) is 6.90 Å². The molecule has 15 heavy (non-hydrogen) atoms. The van der Waals surface area contributed by atoms with Crippen LogP contribution in [0.4, 0.5) is 39.5 Å². The van der Waals surface area contributed by atoms with E-state index in [9.17, 15) is 39.5 Å². The fourth-order valence-electron chi connectivity index (χ4n) is 0.565. The lowest BCUT2D eigenvalue weighted by molar-refractivity contribution is -0.396. The smallest absolute Gasteiger partial charge is 0.200 e. The zero-order valence-electron chi connectivity index (χ0n) is 7.82. The average Bonchev–Trinajstić information content (AvgIpc) is 2.01. The first-order valence-electron chi connectivity index (χ1n) is 4.01. The van der Waals surface area contributed by atoms with Crippen LogP contribution in [0.5, 0.6) is 0 Å². The standard InChI is InChI=1S/C6H5F9/c1-2-3(7,8)4(9,10)5(11,12)6(13,14)15/h2H2,1H3/i1D. The van der Waals surface area contributed by atoms with Crippen molar-refractivity contribution in [1.82, 2.24) is 0 Å². The minimum absolute atomic E-state index is 1.41. The maximum absolute atomic E-state index is 12.4. The Morgan fingerprint density at radius 1 is 0.800 bits per heavy atom. The molecular formula is C6H5F9. The highest BCUT2D eigenvalue weighted by atomic mass is 19.4. The molecule has 92 valence electrons.